The first-order valence-electron chi connectivity index (χ1n) is 7.85. The van der Waals surface area contributed by atoms with Crippen molar-refractivity contribution in [2.75, 3.05) is 20.6 Å². The highest BCUT2D eigenvalue weighted by Crippen LogP contribution is 2.35. The summed E-state index contributed by atoms with van der Waals surface area (Å²) in [7, 11) is 4.19. The van der Waals surface area contributed by atoms with E-state index >= 15 is 0 Å². The normalized spacial score (nSPS) is 17.3. The number of benzene rings is 2. The van der Waals surface area contributed by atoms with Crippen molar-refractivity contribution in [3.8, 4) is 0 Å². The lowest BCUT2D eigenvalue weighted by atomic mass is 9.80. The van der Waals surface area contributed by atoms with E-state index in [1.165, 1.54) is 11.1 Å². The van der Waals surface area contributed by atoms with Crippen LogP contribution < -0.4 is 0 Å². The Morgan fingerprint density at radius 2 is 1.68 bits per heavy atom. The summed E-state index contributed by atoms with van der Waals surface area (Å²) >= 11 is 0. The maximum Gasteiger partial charge on any atom is 0.131 e. The summed E-state index contributed by atoms with van der Waals surface area (Å²) in [6.45, 7) is 1.05. The Morgan fingerprint density at radius 1 is 1.00 bits per heavy atom. The van der Waals surface area contributed by atoms with Gasteiger partial charge in [0.2, 0.25) is 0 Å². The highest BCUT2D eigenvalue weighted by atomic mass is 19.1. The van der Waals surface area contributed by atoms with E-state index in [1.54, 1.807) is 12.1 Å². The Bertz CT molecular complexity index is 688. The summed E-state index contributed by atoms with van der Waals surface area (Å²) < 4.78 is 14.3. The molecule has 2 heteroatoms. The Balaban J connectivity index is 2.01. The first-order valence-corrected chi connectivity index (χ1v) is 7.85. The Kier molecular flexibility index (Phi) is 4.39. The predicted octanol–water partition coefficient (Wildman–Crippen LogP) is 4.38. The van der Waals surface area contributed by atoms with Crippen LogP contribution in [0.2, 0.25) is 0 Å². The summed E-state index contributed by atoms with van der Waals surface area (Å²) in [6, 6.07) is 15.5. The van der Waals surface area contributed by atoms with E-state index in [1.807, 2.05) is 18.2 Å². The second-order valence-corrected chi connectivity index (χ2v) is 6.27. The minimum Gasteiger partial charge on any atom is -0.309 e. The van der Waals surface area contributed by atoms with Crippen molar-refractivity contribution in [2.24, 2.45) is 5.92 Å². The van der Waals surface area contributed by atoms with E-state index in [0.717, 1.165) is 25.0 Å². The molecule has 0 amide bonds. The number of nitrogens with zero attached hydrogens (tertiary/aromatic N) is 1. The number of hydrogen-bond acceptors (Lipinski definition) is 1. The minimum atomic E-state index is -0.142. The second kappa shape index (κ2) is 6.45. The molecular weight excluding hydrogens is 273 g/mol. The van der Waals surface area contributed by atoms with E-state index < -0.39 is 0 Å². The quantitative estimate of drug-likeness (QED) is 0.809. The zero-order chi connectivity index (χ0) is 15.5. The lowest BCUT2D eigenvalue weighted by molar-refractivity contribution is 0.371. The lowest BCUT2D eigenvalue weighted by Gasteiger charge is -2.25. The highest BCUT2D eigenvalue weighted by Gasteiger charge is 2.21. The van der Waals surface area contributed by atoms with E-state index in [2.05, 4.69) is 43.3 Å². The van der Waals surface area contributed by atoms with E-state index in [-0.39, 0.29) is 5.82 Å². The number of allylic oxidation sites excluding steroid dienone is 1. The van der Waals surface area contributed by atoms with Gasteiger partial charge in [0.05, 0.1) is 0 Å². The highest BCUT2D eigenvalue weighted by molar-refractivity contribution is 5.83. The van der Waals surface area contributed by atoms with E-state index in [9.17, 15) is 4.39 Å². The monoisotopic (exact) mass is 295 g/mol. The van der Waals surface area contributed by atoms with Gasteiger partial charge in [0, 0.05) is 5.56 Å². The summed E-state index contributed by atoms with van der Waals surface area (Å²) in [4.78, 5) is 2.21. The van der Waals surface area contributed by atoms with Crippen molar-refractivity contribution in [3.05, 3.63) is 77.1 Å². The van der Waals surface area contributed by atoms with Crippen LogP contribution in [0.3, 0.4) is 0 Å². The predicted molar refractivity (Wildman–Crippen MR) is 90.3 cm³/mol. The summed E-state index contributed by atoms with van der Waals surface area (Å²) in [5.74, 6) is 0.323. The van der Waals surface area contributed by atoms with E-state index in [0.29, 0.717) is 11.5 Å². The van der Waals surface area contributed by atoms with Gasteiger partial charge in [0.1, 0.15) is 5.82 Å². The van der Waals surface area contributed by atoms with Gasteiger partial charge in [0.25, 0.3) is 0 Å². The fourth-order valence-electron chi connectivity index (χ4n) is 3.15. The number of fused-ring (bicyclic) bond motifs is 1. The van der Waals surface area contributed by atoms with Gasteiger partial charge in [0.15, 0.2) is 0 Å². The molecule has 1 unspecified atom stereocenters. The molecule has 0 heterocycles. The molecule has 3 rings (SSSR count). The molecule has 0 saturated carbocycles. The smallest absolute Gasteiger partial charge is 0.131 e. The van der Waals surface area contributed by atoms with Gasteiger partial charge in [-0.1, -0.05) is 48.5 Å². The fourth-order valence-corrected chi connectivity index (χ4v) is 3.15. The van der Waals surface area contributed by atoms with Crippen molar-refractivity contribution in [3.63, 3.8) is 0 Å². The molecule has 0 fully saturated rings. The summed E-state index contributed by atoms with van der Waals surface area (Å²) in [6.07, 6.45) is 4.41. The molecule has 1 aliphatic rings. The first-order chi connectivity index (χ1) is 10.6. The van der Waals surface area contributed by atoms with Crippen LogP contribution in [0.1, 0.15) is 23.1 Å². The van der Waals surface area contributed by atoms with Gasteiger partial charge >= 0.3 is 0 Å². The molecule has 0 N–H and O–H groups in total. The Hall–Kier alpha value is -1.93. The third-order valence-corrected chi connectivity index (χ3v) is 4.30. The van der Waals surface area contributed by atoms with Gasteiger partial charge in [-0.05, 0) is 62.2 Å². The zero-order valence-corrected chi connectivity index (χ0v) is 13.2. The summed E-state index contributed by atoms with van der Waals surface area (Å²) in [5, 5.41) is 0. The fraction of sp³-hybridized carbons (Fsp3) is 0.300. The van der Waals surface area contributed by atoms with Crippen LogP contribution in [-0.2, 0) is 6.42 Å². The van der Waals surface area contributed by atoms with Gasteiger partial charge in [-0.3, -0.25) is 0 Å². The average molecular weight is 295 g/mol. The molecular formula is C20H22FN. The van der Waals surface area contributed by atoms with Gasteiger partial charge < -0.3 is 4.90 Å². The van der Waals surface area contributed by atoms with Crippen molar-refractivity contribution in [1.29, 1.82) is 0 Å². The van der Waals surface area contributed by atoms with Crippen LogP contribution in [0, 0.1) is 11.7 Å². The molecule has 0 radical (unpaired) electrons. The first kappa shape index (κ1) is 15.0. The molecule has 0 aliphatic heterocycles. The molecule has 22 heavy (non-hydrogen) atoms. The Morgan fingerprint density at radius 3 is 2.41 bits per heavy atom. The SMILES string of the molecule is CN(C)CCC1C=C(c2ccccc2F)c2ccccc2C1. The van der Waals surface area contributed by atoms with Gasteiger partial charge in [-0.15, -0.1) is 0 Å². The third-order valence-electron chi connectivity index (χ3n) is 4.30. The van der Waals surface area contributed by atoms with Gasteiger partial charge in [-0.25, -0.2) is 4.39 Å². The van der Waals surface area contributed by atoms with Crippen LogP contribution in [0.4, 0.5) is 4.39 Å². The molecule has 1 atom stereocenters. The zero-order valence-electron chi connectivity index (χ0n) is 13.2. The van der Waals surface area contributed by atoms with Crippen molar-refractivity contribution >= 4 is 5.57 Å². The standard InChI is InChI=1S/C20H22FN/c1-22(2)12-11-15-13-16-7-3-4-8-17(16)19(14-15)18-9-5-6-10-20(18)21/h3-10,14-15H,11-13H2,1-2H3. The number of halogens is 1. The van der Waals surface area contributed by atoms with Crippen LogP contribution in [0.5, 0.6) is 0 Å². The molecule has 0 aromatic heterocycles. The third kappa shape index (κ3) is 3.12. The maximum atomic E-state index is 14.3. The van der Waals surface area contributed by atoms with Crippen LogP contribution in [-0.4, -0.2) is 25.5 Å². The van der Waals surface area contributed by atoms with E-state index in [4.69, 9.17) is 0 Å². The van der Waals surface area contributed by atoms with Crippen LogP contribution >= 0.6 is 0 Å². The van der Waals surface area contributed by atoms with Crippen molar-refractivity contribution in [1.82, 2.24) is 4.90 Å². The Labute approximate surface area is 132 Å². The van der Waals surface area contributed by atoms with Crippen LogP contribution in [0.25, 0.3) is 5.57 Å². The molecule has 2 aromatic rings. The summed E-state index contributed by atoms with van der Waals surface area (Å²) in [5.41, 5.74) is 4.26. The van der Waals surface area contributed by atoms with Crippen molar-refractivity contribution in [2.45, 2.75) is 12.8 Å². The average Bonchev–Trinajstić information content (AvgIpc) is 2.53. The number of rotatable bonds is 4. The molecule has 1 aliphatic carbocycles. The second-order valence-electron chi connectivity index (χ2n) is 6.27. The molecule has 0 saturated heterocycles. The number of hydrogen-bond donors (Lipinski definition) is 0. The largest absolute Gasteiger partial charge is 0.309 e. The minimum absolute atomic E-state index is 0.142. The molecule has 114 valence electrons. The van der Waals surface area contributed by atoms with Crippen LogP contribution in [0.15, 0.2) is 54.6 Å². The molecule has 0 spiro atoms. The molecule has 1 nitrogen and oxygen atoms in total. The topological polar surface area (TPSA) is 3.24 Å². The van der Waals surface area contributed by atoms with Crippen molar-refractivity contribution < 1.29 is 4.39 Å². The lowest BCUT2D eigenvalue weighted by Crippen LogP contribution is -2.19. The van der Waals surface area contributed by atoms with Gasteiger partial charge in [-0.2, -0.15) is 0 Å². The molecule has 2 aromatic carbocycles. The molecule has 0 bridgehead atoms. The maximum absolute atomic E-state index is 14.3.